The van der Waals surface area contributed by atoms with Crippen LogP contribution in [0.2, 0.25) is 0 Å². The van der Waals surface area contributed by atoms with Gasteiger partial charge in [0, 0.05) is 12.1 Å². The number of hydrogen-bond acceptors (Lipinski definition) is 2. The van der Waals surface area contributed by atoms with Crippen LogP contribution < -0.4 is 11.5 Å². The van der Waals surface area contributed by atoms with Gasteiger partial charge in [-0.3, -0.25) is 0 Å². The van der Waals surface area contributed by atoms with Crippen LogP contribution >= 0.6 is 18.8 Å². The van der Waals surface area contributed by atoms with Crippen LogP contribution in [0.15, 0.2) is 0 Å². The van der Waals surface area contributed by atoms with Gasteiger partial charge in [0.15, 0.2) is 0 Å². The first-order chi connectivity index (χ1) is 6.16. The third-order valence-electron chi connectivity index (χ3n) is 3.40. The van der Waals surface area contributed by atoms with Crippen LogP contribution in [0.1, 0.15) is 25.7 Å². The van der Waals surface area contributed by atoms with E-state index in [2.05, 4.69) is 0 Å². The zero-order valence-corrected chi connectivity index (χ0v) is 11.7. The summed E-state index contributed by atoms with van der Waals surface area (Å²) >= 11 is -0.472. The minimum atomic E-state index is -0.472. The van der Waals surface area contributed by atoms with Crippen LogP contribution in [0.3, 0.4) is 0 Å². The van der Waals surface area contributed by atoms with Gasteiger partial charge in [0.25, 0.3) is 0 Å². The Labute approximate surface area is 102 Å². The van der Waals surface area contributed by atoms with E-state index >= 15 is 0 Å². The summed E-state index contributed by atoms with van der Waals surface area (Å²) in [5, 5.41) is 0. The monoisotopic (exact) mass is 423 g/mol. The summed E-state index contributed by atoms with van der Waals surface area (Å²) in [7, 11) is 9.75. The predicted octanol–water partition coefficient (Wildman–Crippen LogP) is 1.01. The van der Waals surface area contributed by atoms with Crippen molar-refractivity contribution in [1.29, 1.82) is 0 Å². The first kappa shape index (κ1) is 15.1. The standard InChI is InChI=1S/C8H16N2.2ClH.H2O.Pt/c9-5-8(10)4-6-1-2-7(8)3-6;;;;/h6-7H,1-5,9-10H2;2*1H;1H2;/q;;;;+2/p-2. The second kappa shape index (κ2) is 6.67. The van der Waals surface area contributed by atoms with E-state index in [9.17, 15) is 0 Å². The third-order valence-corrected chi connectivity index (χ3v) is 3.40. The fraction of sp³-hybridized carbons (Fsp3) is 1.00. The maximum absolute atomic E-state index is 6.12. The SMILES string of the molecule is NCC1(N)CC2CCC1C2.O.[Cl][Pt][Cl]. The van der Waals surface area contributed by atoms with Crippen molar-refractivity contribution in [2.24, 2.45) is 23.3 Å². The van der Waals surface area contributed by atoms with Crippen LogP contribution in [-0.2, 0) is 16.5 Å². The molecule has 6 N–H and O–H groups in total. The van der Waals surface area contributed by atoms with Crippen LogP contribution in [0.25, 0.3) is 0 Å². The van der Waals surface area contributed by atoms with Crippen LogP contribution in [0.4, 0.5) is 0 Å². The molecule has 2 aliphatic rings. The van der Waals surface area contributed by atoms with Crippen LogP contribution in [0, 0.1) is 11.8 Å². The van der Waals surface area contributed by atoms with E-state index in [1.807, 2.05) is 0 Å². The molecule has 14 heavy (non-hydrogen) atoms. The van der Waals surface area contributed by atoms with Crippen molar-refractivity contribution in [1.82, 2.24) is 0 Å². The topological polar surface area (TPSA) is 83.5 Å². The van der Waals surface area contributed by atoms with Gasteiger partial charge in [0.1, 0.15) is 0 Å². The summed E-state index contributed by atoms with van der Waals surface area (Å²) in [6.45, 7) is 0.689. The molecule has 0 saturated heterocycles. The van der Waals surface area contributed by atoms with Crippen molar-refractivity contribution in [3.8, 4) is 0 Å². The van der Waals surface area contributed by atoms with E-state index in [0.29, 0.717) is 6.54 Å². The fourth-order valence-electron chi connectivity index (χ4n) is 2.74. The van der Waals surface area contributed by atoms with Gasteiger partial charge in [-0.15, -0.1) is 0 Å². The van der Waals surface area contributed by atoms with Crippen LogP contribution in [0.5, 0.6) is 0 Å². The average molecular weight is 424 g/mol. The van der Waals surface area contributed by atoms with Crippen molar-refractivity contribution in [2.45, 2.75) is 31.2 Å². The molecule has 2 bridgehead atoms. The van der Waals surface area contributed by atoms with E-state index in [1.54, 1.807) is 0 Å². The molecule has 2 fully saturated rings. The molecule has 2 saturated carbocycles. The molecular formula is C8H18Cl2N2OPt. The number of halogens is 2. The molecule has 2 aliphatic carbocycles. The molecule has 0 heterocycles. The van der Waals surface area contributed by atoms with Crippen LogP contribution in [-0.4, -0.2) is 17.6 Å². The summed E-state index contributed by atoms with van der Waals surface area (Å²) in [5.41, 5.74) is 11.8. The van der Waals surface area contributed by atoms with Crippen molar-refractivity contribution < 1.29 is 22.0 Å². The predicted molar refractivity (Wildman–Crippen MR) is 56.7 cm³/mol. The normalized spacial score (nSPS) is 38.9. The quantitative estimate of drug-likeness (QED) is 0.659. The number of fused-ring (bicyclic) bond motifs is 2. The zero-order valence-electron chi connectivity index (χ0n) is 7.92. The molecule has 6 heteroatoms. The first-order valence-corrected chi connectivity index (χ1v) is 10.1. The van der Waals surface area contributed by atoms with E-state index in [-0.39, 0.29) is 11.0 Å². The van der Waals surface area contributed by atoms with E-state index < -0.39 is 16.5 Å². The maximum atomic E-state index is 6.12. The Morgan fingerprint density at radius 1 is 1.36 bits per heavy atom. The molecule has 0 spiro atoms. The molecule has 0 aliphatic heterocycles. The van der Waals surface area contributed by atoms with Crippen molar-refractivity contribution in [3.63, 3.8) is 0 Å². The van der Waals surface area contributed by atoms with Crippen molar-refractivity contribution in [3.05, 3.63) is 0 Å². The number of rotatable bonds is 1. The van der Waals surface area contributed by atoms with Gasteiger partial charge in [-0.05, 0) is 31.1 Å². The van der Waals surface area contributed by atoms with E-state index in [1.165, 1.54) is 25.7 Å². The summed E-state index contributed by atoms with van der Waals surface area (Å²) in [6.07, 6.45) is 5.28. The Hall–Kier alpha value is 1.15. The van der Waals surface area contributed by atoms with Gasteiger partial charge < -0.3 is 16.9 Å². The van der Waals surface area contributed by atoms with Gasteiger partial charge in [-0.2, -0.15) is 0 Å². The molecule has 0 aromatic carbocycles. The summed E-state index contributed by atoms with van der Waals surface area (Å²) in [5.74, 6) is 1.67. The molecule has 0 radical (unpaired) electrons. The van der Waals surface area contributed by atoms with Gasteiger partial charge in [-0.25, -0.2) is 0 Å². The first-order valence-electron chi connectivity index (χ1n) is 4.47. The Morgan fingerprint density at radius 2 is 1.93 bits per heavy atom. The summed E-state index contributed by atoms with van der Waals surface area (Å²) < 4.78 is 0. The van der Waals surface area contributed by atoms with E-state index in [0.717, 1.165) is 11.8 Å². The molecule has 3 unspecified atom stereocenters. The number of nitrogens with two attached hydrogens (primary N) is 2. The third kappa shape index (κ3) is 3.33. The van der Waals surface area contributed by atoms with Gasteiger partial charge in [-0.1, -0.05) is 6.42 Å². The molecule has 3 nitrogen and oxygen atoms in total. The molecule has 90 valence electrons. The van der Waals surface area contributed by atoms with Crippen molar-refractivity contribution in [2.75, 3.05) is 6.54 Å². The molecular weight excluding hydrogens is 406 g/mol. The van der Waals surface area contributed by atoms with Gasteiger partial charge in [0.2, 0.25) is 0 Å². The summed E-state index contributed by atoms with van der Waals surface area (Å²) in [4.78, 5) is 0. The second-order valence-electron chi connectivity index (χ2n) is 4.06. The van der Waals surface area contributed by atoms with Crippen molar-refractivity contribution >= 4 is 18.8 Å². The summed E-state index contributed by atoms with van der Waals surface area (Å²) in [6, 6.07) is 0. The average Bonchev–Trinajstić information content (AvgIpc) is 2.65. The Balaban J connectivity index is 0.000000381. The second-order valence-corrected chi connectivity index (χ2v) is 7.35. The van der Waals surface area contributed by atoms with E-state index in [4.69, 9.17) is 30.3 Å². The molecule has 0 aromatic heterocycles. The van der Waals surface area contributed by atoms with Gasteiger partial charge in [0.05, 0.1) is 0 Å². The Bertz CT molecular complexity index is 175. The Morgan fingerprint density at radius 3 is 2.14 bits per heavy atom. The zero-order chi connectivity index (χ0) is 9.90. The van der Waals surface area contributed by atoms with Gasteiger partial charge >= 0.3 is 35.3 Å². The Kier molecular flexibility index (Phi) is 7.22. The fourth-order valence-corrected chi connectivity index (χ4v) is 2.74. The minimum absolute atomic E-state index is 0. The molecule has 2 rings (SSSR count). The molecule has 3 atom stereocenters. The molecule has 0 amide bonds. The number of hydrogen-bond donors (Lipinski definition) is 2. The molecule has 0 aromatic rings.